The number of ether oxygens (including phenoxy) is 4. The normalized spacial score (nSPS) is 13.9. The highest BCUT2D eigenvalue weighted by atomic mass is 32.2. The lowest BCUT2D eigenvalue weighted by atomic mass is 10.0. The van der Waals surface area contributed by atoms with Crippen LogP contribution in [0.25, 0.3) is 0 Å². The van der Waals surface area contributed by atoms with Crippen molar-refractivity contribution in [2.45, 2.75) is 31.2 Å². The summed E-state index contributed by atoms with van der Waals surface area (Å²) in [5.41, 5.74) is 2.06. The zero-order chi connectivity index (χ0) is 35.2. The zero-order valence-corrected chi connectivity index (χ0v) is 27.5. The van der Waals surface area contributed by atoms with E-state index in [1.807, 2.05) is 18.2 Å². The van der Waals surface area contributed by atoms with Crippen LogP contribution in [0.3, 0.4) is 0 Å². The molecule has 13 nitrogen and oxygen atoms in total. The second-order valence-electron chi connectivity index (χ2n) is 11.0. The van der Waals surface area contributed by atoms with Crippen LogP contribution >= 0.6 is 0 Å². The third-order valence-corrected chi connectivity index (χ3v) is 7.97. The van der Waals surface area contributed by atoms with E-state index in [0.717, 1.165) is 0 Å². The molecule has 2 N–H and O–H groups in total. The van der Waals surface area contributed by atoms with Gasteiger partial charge in [-0.05, 0) is 90.7 Å². The van der Waals surface area contributed by atoms with Crippen LogP contribution in [0.4, 0.5) is 11.5 Å². The summed E-state index contributed by atoms with van der Waals surface area (Å²) in [6.07, 6.45) is 0.188. The van der Waals surface area contributed by atoms with Crippen LogP contribution in [-0.2, 0) is 27.0 Å². The van der Waals surface area contributed by atoms with Crippen LogP contribution in [0.5, 0.6) is 34.9 Å². The highest BCUT2D eigenvalue weighted by molar-refractivity contribution is 7.79. The molecule has 1 aromatic heterocycles. The molecule has 252 valence electrons. The molecule has 0 radical (unpaired) electrons. The van der Waals surface area contributed by atoms with Crippen LogP contribution in [0, 0.1) is 18.3 Å². The van der Waals surface area contributed by atoms with Crippen molar-refractivity contribution in [1.29, 1.82) is 5.26 Å². The van der Waals surface area contributed by atoms with Gasteiger partial charge < -0.3 is 34.1 Å². The molecule has 4 aromatic carbocycles. The number of fused-ring (bicyclic) bond motifs is 1. The molecular weight excluding hydrogens is 662 g/mol. The van der Waals surface area contributed by atoms with E-state index in [2.05, 4.69) is 26.7 Å². The van der Waals surface area contributed by atoms with Gasteiger partial charge in [-0.25, -0.2) is 4.79 Å². The van der Waals surface area contributed by atoms with Crippen LogP contribution in [-0.4, -0.2) is 43.3 Å². The number of amides is 1. The average Bonchev–Trinajstić information content (AvgIpc) is 3.10. The quantitative estimate of drug-likeness (QED) is 0.115. The summed E-state index contributed by atoms with van der Waals surface area (Å²) in [6, 6.07) is 25.6. The Morgan fingerprint density at radius 2 is 1.72 bits per heavy atom. The number of nitrogens with one attached hydrogen (secondary N) is 2. The summed E-state index contributed by atoms with van der Waals surface area (Å²) in [5, 5.41) is 15.5. The van der Waals surface area contributed by atoms with Crippen LogP contribution < -0.4 is 24.8 Å². The number of benzene rings is 4. The van der Waals surface area contributed by atoms with Gasteiger partial charge in [0.25, 0.3) is 5.88 Å². The number of carbonyl (C=O) groups is 2. The van der Waals surface area contributed by atoms with Gasteiger partial charge >= 0.3 is 12.0 Å². The first-order valence-corrected chi connectivity index (χ1v) is 16.4. The molecule has 50 heavy (non-hydrogen) atoms. The number of nitrogens with zero attached hydrogens (tertiary/aromatic N) is 3. The first kappa shape index (κ1) is 33.6. The maximum Gasteiger partial charge on any atom is 0.338 e. The van der Waals surface area contributed by atoms with E-state index in [4.69, 9.17) is 18.9 Å². The minimum atomic E-state index is -2.38. The second-order valence-corrected chi connectivity index (χ2v) is 11.9. The van der Waals surface area contributed by atoms with Crippen LogP contribution in [0.1, 0.15) is 34.0 Å². The third-order valence-electron chi connectivity index (χ3n) is 7.31. The molecule has 5 aromatic rings. The number of esters is 1. The Labute approximate surface area is 289 Å². The molecule has 0 saturated heterocycles. The Balaban J connectivity index is 1.38. The van der Waals surface area contributed by atoms with Gasteiger partial charge in [0, 0.05) is 17.4 Å². The van der Waals surface area contributed by atoms with Crippen molar-refractivity contribution in [1.82, 2.24) is 9.97 Å². The lowest BCUT2D eigenvalue weighted by molar-refractivity contribution is -0.117. The van der Waals surface area contributed by atoms with Crippen molar-refractivity contribution in [3.63, 3.8) is 0 Å². The second kappa shape index (κ2) is 14.9. The smallest absolute Gasteiger partial charge is 0.338 e. The minimum absolute atomic E-state index is 0.103. The number of para-hydroxylation sites is 1. The number of anilines is 2. The summed E-state index contributed by atoms with van der Waals surface area (Å²) < 4.78 is 46.1. The van der Waals surface area contributed by atoms with E-state index < -0.39 is 29.0 Å². The van der Waals surface area contributed by atoms with E-state index in [9.17, 15) is 23.6 Å². The number of hydrogen-bond donors (Lipinski definition) is 2. The van der Waals surface area contributed by atoms with Crippen LogP contribution in [0.15, 0.2) is 95.9 Å². The highest BCUT2D eigenvalue weighted by Crippen LogP contribution is 2.41. The maximum absolute atomic E-state index is 13.4. The molecule has 6 rings (SSSR count). The molecule has 2 unspecified atom stereocenters. The molecule has 1 amide bonds. The zero-order valence-electron chi connectivity index (χ0n) is 26.7. The fourth-order valence-electron chi connectivity index (χ4n) is 5.02. The van der Waals surface area contributed by atoms with E-state index >= 15 is 0 Å². The largest absolute Gasteiger partial charge is 0.768 e. The molecular formula is C36H28N5O8S-. The Kier molecular flexibility index (Phi) is 9.98. The topological polar surface area (TPSA) is 185 Å². The SMILES string of the molecule is CCOC(=O)c1cc(C)cc(Oc2nc(Oc3cc(C#N)ccc3Oc3ccccc3)nc3c2NC(=O)C(Cc2ccc(S(=O)[O-])cc2)N3)c1. The standard InChI is InChI=1S/C36H29N5O8S/c1-3-46-35(43)24-15-21(2)16-26(19-24)48-34-31-32(38-28(33(42)39-31)17-22-9-12-27(13-10-22)50(44)45)40-36(41-34)49-30-18-23(20-37)11-14-29(30)47-25-7-5-4-6-8-25/h4-16,18-19,28H,3,17H2,1-2H3,(H,39,42)(H,44,45)(H,38,40,41)/p-1. The average molecular weight is 691 g/mol. The van der Waals surface area contributed by atoms with E-state index in [1.54, 1.807) is 62.4 Å². The van der Waals surface area contributed by atoms with Gasteiger partial charge in [-0.3, -0.25) is 9.00 Å². The van der Waals surface area contributed by atoms with Crippen molar-refractivity contribution in [2.75, 3.05) is 17.2 Å². The summed E-state index contributed by atoms with van der Waals surface area (Å²) in [6.45, 7) is 3.67. The van der Waals surface area contributed by atoms with Gasteiger partial charge in [0.05, 0.1) is 23.8 Å². The van der Waals surface area contributed by atoms with Gasteiger partial charge in [-0.1, -0.05) is 30.3 Å². The molecule has 0 spiro atoms. The van der Waals surface area contributed by atoms with Crippen molar-refractivity contribution >= 4 is 34.5 Å². The van der Waals surface area contributed by atoms with Crippen molar-refractivity contribution in [2.24, 2.45) is 0 Å². The molecule has 0 bridgehead atoms. The Morgan fingerprint density at radius 1 is 0.940 bits per heavy atom. The fourth-order valence-corrected chi connectivity index (χ4v) is 5.38. The fraction of sp³-hybridized carbons (Fsp3) is 0.139. The predicted molar refractivity (Wildman–Crippen MR) is 180 cm³/mol. The molecule has 2 atom stereocenters. The summed E-state index contributed by atoms with van der Waals surface area (Å²) in [5.74, 6) is 0.256. The summed E-state index contributed by atoms with van der Waals surface area (Å²) >= 11 is -2.38. The van der Waals surface area contributed by atoms with E-state index in [1.165, 1.54) is 24.3 Å². The highest BCUT2D eigenvalue weighted by Gasteiger charge is 2.31. The van der Waals surface area contributed by atoms with Crippen LogP contribution in [0.2, 0.25) is 0 Å². The molecule has 0 saturated carbocycles. The maximum atomic E-state index is 13.4. The predicted octanol–water partition coefficient (Wildman–Crippen LogP) is 6.42. The minimum Gasteiger partial charge on any atom is -0.768 e. The molecule has 2 heterocycles. The number of nitriles is 1. The van der Waals surface area contributed by atoms with Gasteiger partial charge in [-0.2, -0.15) is 15.2 Å². The van der Waals surface area contributed by atoms with Crippen molar-refractivity contribution in [3.05, 3.63) is 113 Å². The Bertz CT molecular complexity index is 2140. The van der Waals surface area contributed by atoms with Crippen molar-refractivity contribution < 1.29 is 37.3 Å². The van der Waals surface area contributed by atoms with Gasteiger partial charge in [0.15, 0.2) is 17.3 Å². The van der Waals surface area contributed by atoms with Gasteiger partial charge in [0.1, 0.15) is 23.2 Å². The number of hydrogen-bond acceptors (Lipinski definition) is 12. The number of aryl methyl sites for hydroxylation is 1. The monoisotopic (exact) mass is 690 g/mol. The van der Waals surface area contributed by atoms with Gasteiger partial charge in [0.2, 0.25) is 5.91 Å². The van der Waals surface area contributed by atoms with Gasteiger partial charge in [-0.15, -0.1) is 0 Å². The Hall–Kier alpha value is -6.30. The lowest BCUT2D eigenvalue weighted by Crippen LogP contribution is -2.41. The third kappa shape index (κ3) is 7.87. The number of rotatable bonds is 11. The van der Waals surface area contributed by atoms with E-state index in [-0.39, 0.29) is 64.1 Å². The number of carbonyl (C=O) groups excluding carboxylic acids is 2. The lowest BCUT2D eigenvalue weighted by Gasteiger charge is -2.27. The molecule has 14 heteroatoms. The first-order chi connectivity index (χ1) is 24.2. The Morgan fingerprint density at radius 3 is 2.44 bits per heavy atom. The van der Waals surface area contributed by atoms with E-state index in [0.29, 0.717) is 22.4 Å². The summed E-state index contributed by atoms with van der Waals surface area (Å²) in [4.78, 5) is 35.0. The molecule has 0 fully saturated rings. The first-order valence-electron chi connectivity index (χ1n) is 15.3. The summed E-state index contributed by atoms with van der Waals surface area (Å²) in [7, 11) is 0. The van der Waals surface area contributed by atoms with Crippen molar-refractivity contribution in [3.8, 4) is 41.0 Å². The molecule has 1 aliphatic heterocycles. The molecule has 1 aliphatic rings. The molecule has 0 aliphatic carbocycles. The number of aromatic nitrogens is 2.